The van der Waals surface area contributed by atoms with Crippen LogP contribution in [0.15, 0.2) is 51.7 Å². The second-order valence-corrected chi connectivity index (χ2v) is 6.54. The van der Waals surface area contributed by atoms with E-state index < -0.39 is 0 Å². The third kappa shape index (κ3) is 3.88. The van der Waals surface area contributed by atoms with E-state index in [0.717, 1.165) is 29.4 Å². The van der Waals surface area contributed by atoms with E-state index in [4.69, 9.17) is 20.8 Å². The van der Waals surface area contributed by atoms with Gasteiger partial charge in [0.05, 0.1) is 11.6 Å². The van der Waals surface area contributed by atoms with Crippen molar-refractivity contribution in [1.29, 1.82) is 0 Å². The lowest BCUT2D eigenvalue weighted by molar-refractivity contribution is 0.309. The first-order valence-electron chi connectivity index (χ1n) is 8.52. The van der Waals surface area contributed by atoms with Gasteiger partial charge in [0.1, 0.15) is 11.3 Å². The van der Waals surface area contributed by atoms with Gasteiger partial charge in [-0.25, -0.2) is 4.79 Å². The third-order valence-corrected chi connectivity index (χ3v) is 4.61. The zero-order valence-electron chi connectivity index (χ0n) is 14.5. The molecule has 0 aliphatic carbocycles. The molecule has 0 radical (unpaired) electrons. The summed E-state index contributed by atoms with van der Waals surface area (Å²) < 4.78 is 11.3. The second-order valence-electron chi connectivity index (χ2n) is 6.14. The molecule has 0 spiro atoms. The topological polar surface area (TPSA) is 39.4 Å². The Kier molecular flexibility index (Phi) is 5.44. The molecule has 3 aromatic rings. The first kappa shape index (κ1) is 17.6. The minimum atomic E-state index is -0.310. The molecule has 0 saturated carbocycles. The van der Waals surface area contributed by atoms with Crippen LogP contribution in [0.5, 0.6) is 5.75 Å². The van der Waals surface area contributed by atoms with Crippen molar-refractivity contribution in [1.82, 2.24) is 0 Å². The number of hydrogen-bond acceptors (Lipinski definition) is 3. The summed E-state index contributed by atoms with van der Waals surface area (Å²) in [7, 11) is 0. The molecule has 0 atom stereocenters. The Morgan fingerprint density at radius 3 is 2.64 bits per heavy atom. The van der Waals surface area contributed by atoms with Gasteiger partial charge in [-0.1, -0.05) is 55.3 Å². The molecule has 1 heterocycles. The summed E-state index contributed by atoms with van der Waals surface area (Å²) >= 11 is 6.36. The fourth-order valence-electron chi connectivity index (χ4n) is 2.83. The molecule has 2 aromatic carbocycles. The first-order valence-corrected chi connectivity index (χ1v) is 8.90. The van der Waals surface area contributed by atoms with Crippen molar-refractivity contribution in [3.05, 3.63) is 74.6 Å². The van der Waals surface area contributed by atoms with E-state index in [1.807, 2.05) is 43.3 Å². The molecule has 0 fully saturated rings. The Labute approximate surface area is 152 Å². The average Bonchev–Trinajstić information content (AvgIpc) is 2.61. The zero-order chi connectivity index (χ0) is 17.8. The van der Waals surface area contributed by atoms with Crippen molar-refractivity contribution in [2.24, 2.45) is 0 Å². The predicted molar refractivity (Wildman–Crippen MR) is 102 cm³/mol. The molecule has 0 N–H and O–H groups in total. The van der Waals surface area contributed by atoms with Gasteiger partial charge in [0.25, 0.3) is 0 Å². The molecular weight excluding hydrogens is 336 g/mol. The maximum absolute atomic E-state index is 12.5. The molecule has 3 nitrogen and oxygen atoms in total. The highest BCUT2D eigenvalue weighted by atomic mass is 35.5. The van der Waals surface area contributed by atoms with Crippen LogP contribution in [0.1, 0.15) is 36.5 Å². The highest BCUT2D eigenvalue weighted by Gasteiger charge is 2.15. The summed E-state index contributed by atoms with van der Waals surface area (Å²) in [5, 5.41) is 1.38. The van der Waals surface area contributed by atoms with Crippen LogP contribution in [0, 0.1) is 6.92 Å². The van der Waals surface area contributed by atoms with E-state index in [9.17, 15) is 4.79 Å². The van der Waals surface area contributed by atoms with Crippen molar-refractivity contribution in [2.75, 3.05) is 6.61 Å². The summed E-state index contributed by atoms with van der Waals surface area (Å²) in [5.74, 6) is 0.556. The van der Waals surface area contributed by atoms with Gasteiger partial charge in [0.15, 0.2) is 0 Å². The minimum Gasteiger partial charge on any atom is -0.492 e. The van der Waals surface area contributed by atoms with Gasteiger partial charge in [-0.15, -0.1) is 0 Å². The molecule has 0 saturated heterocycles. The molecule has 4 heteroatoms. The van der Waals surface area contributed by atoms with E-state index in [-0.39, 0.29) is 5.63 Å². The predicted octanol–water partition coefficient (Wildman–Crippen LogP) is 5.52. The van der Waals surface area contributed by atoms with Crippen molar-refractivity contribution < 1.29 is 9.15 Å². The van der Waals surface area contributed by atoms with E-state index in [2.05, 4.69) is 6.92 Å². The van der Waals surface area contributed by atoms with Crippen molar-refractivity contribution in [3.63, 3.8) is 0 Å². The van der Waals surface area contributed by atoms with Gasteiger partial charge >= 0.3 is 5.63 Å². The van der Waals surface area contributed by atoms with Crippen LogP contribution >= 0.6 is 11.6 Å². The summed E-state index contributed by atoms with van der Waals surface area (Å²) in [5.41, 5.74) is 2.83. The Morgan fingerprint density at radius 1 is 1.16 bits per heavy atom. The fourth-order valence-corrected chi connectivity index (χ4v) is 3.05. The van der Waals surface area contributed by atoms with Gasteiger partial charge in [0.2, 0.25) is 0 Å². The Hall–Kier alpha value is -2.26. The van der Waals surface area contributed by atoms with Gasteiger partial charge in [0, 0.05) is 23.4 Å². The quantitative estimate of drug-likeness (QED) is 0.431. The van der Waals surface area contributed by atoms with Crippen LogP contribution in [-0.4, -0.2) is 6.61 Å². The first-order chi connectivity index (χ1) is 12.1. The minimum absolute atomic E-state index is 0.310. The maximum atomic E-state index is 12.5. The number of unbranched alkanes of at least 4 members (excludes halogenated alkanes) is 1. The second kappa shape index (κ2) is 7.75. The van der Waals surface area contributed by atoms with Gasteiger partial charge in [-0.2, -0.15) is 0 Å². The lowest BCUT2D eigenvalue weighted by Crippen LogP contribution is -2.11. The summed E-state index contributed by atoms with van der Waals surface area (Å²) in [6.07, 6.45) is 2.53. The van der Waals surface area contributed by atoms with Crippen LogP contribution < -0.4 is 10.4 Å². The molecular formula is C21H21ClO3. The van der Waals surface area contributed by atoms with Crippen LogP contribution in [0.3, 0.4) is 0 Å². The zero-order valence-corrected chi connectivity index (χ0v) is 15.2. The standard InChI is InChI=1S/C21H21ClO3/c1-3-4-10-24-20-13-19-16(12-18(20)22)14(2)17(21(23)25-19)11-15-8-6-5-7-9-15/h5-9,12-13H,3-4,10-11H2,1-2H3. The molecule has 25 heavy (non-hydrogen) atoms. The van der Waals surface area contributed by atoms with Crippen LogP contribution in [0.4, 0.5) is 0 Å². The van der Waals surface area contributed by atoms with Crippen LogP contribution in [0.2, 0.25) is 5.02 Å². The third-order valence-electron chi connectivity index (χ3n) is 4.32. The molecule has 0 bridgehead atoms. The monoisotopic (exact) mass is 356 g/mol. The molecule has 0 aliphatic rings. The molecule has 0 unspecified atom stereocenters. The normalized spacial score (nSPS) is 11.0. The summed E-state index contributed by atoms with van der Waals surface area (Å²) in [4.78, 5) is 12.5. The maximum Gasteiger partial charge on any atom is 0.340 e. The van der Waals surface area contributed by atoms with Gasteiger partial charge in [-0.05, 0) is 30.5 Å². The molecule has 0 amide bonds. The van der Waals surface area contributed by atoms with E-state index in [1.54, 1.807) is 6.07 Å². The summed E-state index contributed by atoms with van der Waals surface area (Å²) in [6, 6.07) is 13.4. The van der Waals surface area contributed by atoms with Gasteiger partial charge in [-0.3, -0.25) is 0 Å². The number of halogens is 1. The Balaban J connectivity index is 2.02. The van der Waals surface area contributed by atoms with E-state index in [1.165, 1.54) is 0 Å². The lowest BCUT2D eigenvalue weighted by atomic mass is 9.99. The number of benzene rings is 2. The largest absolute Gasteiger partial charge is 0.492 e. The van der Waals surface area contributed by atoms with Gasteiger partial charge < -0.3 is 9.15 Å². The number of fused-ring (bicyclic) bond motifs is 1. The average molecular weight is 357 g/mol. The fraction of sp³-hybridized carbons (Fsp3) is 0.286. The molecule has 0 aliphatic heterocycles. The number of rotatable bonds is 6. The van der Waals surface area contributed by atoms with Crippen molar-refractivity contribution in [3.8, 4) is 5.75 Å². The molecule has 130 valence electrons. The van der Waals surface area contributed by atoms with E-state index in [0.29, 0.717) is 34.9 Å². The highest BCUT2D eigenvalue weighted by molar-refractivity contribution is 6.32. The molecule has 3 rings (SSSR count). The van der Waals surface area contributed by atoms with Crippen molar-refractivity contribution >= 4 is 22.6 Å². The SMILES string of the molecule is CCCCOc1cc2oc(=O)c(Cc3ccccc3)c(C)c2cc1Cl. The number of hydrogen-bond donors (Lipinski definition) is 0. The van der Waals surface area contributed by atoms with Crippen molar-refractivity contribution in [2.45, 2.75) is 33.1 Å². The Bertz CT molecular complexity index is 929. The summed E-state index contributed by atoms with van der Waals surface area (Å²) in [6.45, 7) is 4.63. The lowest BCUT2D eigenvalue weighted by Gasteiger charge is -2.11. The smallest absolute Gasteiger partial charge is 0.340 e. The number of ether oxygens (including phenoxy) is 1. The number of aryl methyl sites for hydroxylation is 1. The van der Waals surface area contributed by atoms with E-state index >= 15 is 0 Å². The van der Waals surface area contributed by atoms with Crippen LogP contribution in [-0.2, 0) is 6.42 Å². The molecule has 1 aromatic heterocycles. The van der Waals surface area contributed by atoms with Crippen LogP contribution in [0.25, 0.3) is 11.0 Å². The Morgan fingerprint density at radius 2 is 1.92 bits per heavy atom. The highest BCUT2D eigenvalue weighted by Crippen LogP contribution is 2.32.